The number of Topliss-reactive ketones (excluding diaryl/α,β-unsaturated/α-hetero) is 1. The smallest absolute Gasteiger partial charge is 0.131 e. The van der Waals surface area contributed by atoms with Gasteiger partial charge in [-0.1, -0.05) is 38.0 Å². The van der Waals surface area contributed by atoms with E-state index in [-0.39, 0.29) is 17.8 Å². The maximum atomic E-state index is 11.4. The summed E-state index contributed by atoms with van der Waals surface area (Å²) in [5.74, 6) is 3.49. The van der Waals surface area contributed by atoms with Crippen LogP contribution in [0.3, 0.4) is 0 Å². The number of rotatable bonds is 8. The Bertz CT molecular complexity index is 876. The molecule has 0 N–H and O–H groups in total. The lowest BCUT2D eigenvalue weighted by molar-refractivity contribution is -0.117. The van der Waals surface area contributed by atoms with Gasteiger partial charge in [-0.3, -0.25) is 0 Å². The second-order valence-electron chi connectivity index (χ2n) is 9.25. The van der Waals surface area contributed by atoms with Crippen molar-refractivity contribution in [3.05, 3.63) is 48.0 Å². The molecule has 1 saturated heterocycles. The molecule has 1 saturated carbocycles. The molecule has 1 aromatic heterocycles. The molecule has 0 spiro atoms. The molecule has 2 aliphatic rings. The van der Waals surface area contributed by atoms with Crippen LogP contribution < -0.4 is 14.5 Å². The number of pyridine rings is 1. The van der Waals surface area contributed by atoms with E-state index in [0.29, 0.717) is 12.5 Å². The molecular weight excluding hydrogens is 386 g/mol. The number of ketones is 1. The molecule has 0 amide bonds. The molecule has 1 aliphatic carbocycles. The Labute approximate surface area is 186 Å². The van der Waals surface area contributed by atoms with Gasteiger partial charge in [-0.15, -0.1) is 0 Å². The van der Waals surface area contributed by atoms with Crippen LogP contribution in [0.4, 0.5) is 11.6 Å². The first-order chi connectivity index (χ1) is 15.0. The summed E-state index contributed by atoms with van der Waals surface area (Å²) in [6.45, 7) is 5.56. The largest absolute Gasteiger partial charge is 0.489 e. The lowest BCUT2D eigenvalue weighted by atomic mass is 9.96. The highest BCUT2D eigenvalue weighted by Crippen LogP contribution is 2.29. The van der Waals surface area contributed by atoms with Crippen molar-refractivity contribution in [1.29, 1.82) is 0 Å². The summed E-state index contributed by atoms with van der Waals surface area (Å²) in [5.41, 5.74) is 1.18. The van der Waals surface area contributed by atoms with Crippen molar-refractivity contribution in [3.8, 4) is 5.75 Å². The van der Waals surface area contributed by atoms with Gasteiger partial charge in [0.2, 0.25) is 0 Å². The molecule has 0 bridgehead atoms. The number of nitrogens with zero attached hydrogens (tertiary/aromatic N) is 3. The highest BCUT2D eigenvalue weighted by atomic mass is 16.5. The highest BCUT2D eigenvalue weighted by molar-refractivity contribution is 5.76. The average molecular weight is 422 g/mol. The fourth-order valence-electron chi connectivity index (χ4n) is 4.91. The van der Waals surface area contributed by atoms with Gasteiger partial charge in [0.05, 0.1) is 6.54 Å². The number of carbonyl (C=O) groups is 1. The molecule has 2 heterocycles. The summed E-state index contributed by atoms with van der Waals surface area (Å²) in [7, 11) is 2.18. The summed E-state index contributed by atoms with van der Waals surface area (Å²) in [6.07, 6.45) is 6.95. The van der Waals surface area contributed by atoms with E-state index in [9.17, 15) is 4.79 Å². The predicted octanol–water partition coefficient (Wildman–Crippen LogP) is 5.20. The van der Waals surface area contributed by atoms with Crippen LogP contribution in [0.15, 0.2) is 42.5 Å². The standard InChI is InChI=1S/C26H35N3O2/c1-19(17-20(2)30)21-11-13-23(14-12-21)31-24-15-16-29(18-24)26-10-6-9-25(27-26)28(3)22-7-4-5-8-22/h6,9-14,19,22,24H,4-5,7-8,15-18H2,1-3H3/t19-,24-/m1/s1. The highest BCUT2D eigenvalue weighted by Gasteiger charge is 2.26. The third-order valence-electron chi connectivity index (χ3n) is 6.77. The van der Waals surface area contributed by atoms with Crippen LogP contribution in [-0.4, -0.2) is 43.1 Å². The maximum absolute atomic E-state index is 11.4. The zero-order valence-electron chi connectivity index (χ0n) is 19.1. The SMILES string of the molecule is CC(=O)C[C@@H](C)c1ccc(O[C@@H]2CCN(c3cccc(N(C)C4CCCC4)n3)C2)cc1. The number of benzene rings is 1. The lowest BCUT2D eigenvalue weighted by Crippen LogP contribution is -2.30. The number of aromatic nitrogens is 1. The van der Waals surface area contributed by atoms with Crippen molar-refractivity contribution >= 4 is 17.4 Å². The first-order valence-electron chi connectivity index (χ1n) is 11.7. The van der Waals surface area contributed by atoms with Gasteiger partial charge in [0.25, 0.3) is 0 Å². The van der Waals surface area contributed by atoms with Crippen molar-refractivity contribution in [2.45, 2.75) is 70.4 Å². The Morgan fingerprint density at radius 2 is 1.90 bits per heavy atom. The Morgan fingerprint density at radius 1 is 1.16 bits per heavy atom. The van der Waals surface area contributed by atoms with Gasteiger partial charge in [-0.2, -0.15) is 0 Å². The predicted molar refractivity (Wildman–Crippen MR) is 126 cm³/mol. The molecule has 2 atom stereocenters. The van der Waals surface area contributed by atoms with Gasteiger partial charge in [-0.25, -0.2) is 4.98 Å². The Hall–Kier alpha value is -2.56. The maximum Gasteiger partial charge on any atom is 0.131 e. The van der Waals surface area contributed by atoms with Crippen molar-refractivity contribution in [1.82, 2.24) is 4.98 Å². The lowest BCUT2D eigenvalue weighted by Gasteiger charge is -2.27. The minimum atomic E-state index is 0.165. The molecule has 0 unspecified atom stereocenters. The van der Waals surface area contributed by atoms with Gasteiger partial charge >= 0.3 is 0 Å². The number of hydrogen-bond acceptors (Lipinski definition) is 5. The molecular formula is C26H35N3O2. The van der Waals surface area contributed by atoms with E-state index in [2.05, 4.69) is 54.1 Å². The van der Waals surface area contributed by atoms with Crippen molar-refractivity contribution in [2.75, 3.05) is 29.9 Å². The molecule has 31 heavy (non-hydrogen) atoms. The summed E-state index contributed by atoms with van der Waals surface area (Å²) in [5, 5.41) is 0. The Balaban J connectivity index is 1.34. The van der Waals surface area contributed by atoms with E-state index in [1.807, 2.05) is 12.1 Å². The van der Waals surface area contributed by atoms with Crippen LogP contribution >= 0.6 is 0 Å². The molecule has 5 nitrogen and oxygen atoms in total. The Morgan fingerprint density at radius 3 is 2.61 bits per heavy atom. The molecule has 5 heteroatoms. The van der Waals surface area contributed by atoms with Crippen molar-refractivity contribution in [2.24, 2.45) is 0 Å². The third-order valence-corrected chi connectivity index (χ3v) is 6.77. The van der Waals surface area contributed by atoms with Crippen LogP contribution in [0.5, 0.6) is 5.75 Å². The van der Waals surface area contributed by atoms with Gasteiger partial charge in [0, 0.05) is 32.5 Å². The van der Waals surface area contributed by atoms with E-state index < -0.39 is 0 Å². The van der Waals surface area contributed by atoms with E-state index >= 15 is 0 Å². The topological polar surface area (TPSA) is 45.7 Å². The quantitative estimate of drug-likeness (QED) is 0.586. The number of carbonyl (C=O) groups excluding carboxylic acids is 1. The molecule has 2 fully saturated rings. The summed E-state index contributed by atoms with van der Waals surface area (Å²) in [4.78, 5) is 21.0. The van der Waals surface area contributed by atoms with E-state index in [4.69, 9.17) is 9.72 Å². The Kier molecular flexibility index (Phi) is 6.79. The van der Waals surface area contributed by atoms with Gasteiger partial charge in [-0.05, 0) is 55.5 Å². The normalized spacial score (nSPS) is 20.1. The molecule has 0 radical (unpaired) electrons. The zero-order valence-corrected chi connectivity index (χ0v) is 19.1. The first-order valence-corrected chi connectivity index (χ1v) is 11.7. The van der Waals surface area contributed by atoms with E-state index in [1.165, 1.54) is 31.2 Å². The summed E-state index contributed by atoms with van der Waals surface area (Å²) >= 11 is 0. The van der Waals surface area contributed by atoms with Crippen LogP contribution in [-0.2, 0) is 4.79 Å². The van der Waals surface area contributed by atoms with Crippen LogP contribution in [0.1, 0.15) is 63.9 Å². The molecule has 166 valence electrons. The van der Waals surface area contributed by atoms with Crippen LogP contribution in [0.2, 0.25) is 0 Å². The monoisotopic (exact) mass is 421 g/mol. The van der Waals surface area contributed by atoms with Crippen molar-refractivity contribution in [3.63, 3.8) is 0 Å². The summed E-state index contributed by atoms with van der Waals surface area (Å²) < 4.78 is 6.26. The average Bonchev–Trinajstić information content (AvgIpc) is 3.46. The fourth-order valence-corrected chi connectivity index (χ4v) is 4.91. The minimum absolute atomic E-state index is 0.165. The second kappa shape index (κ2) is 9.71. The van der Waals surface area contributed by atoms with E-state index in [1.54, 1.807) is 6.92 Å². The summed E-state index contributed by atoms with van der Waals surface area (Å²) in [6, 6.07) is 15.2. The number of ether oxygens (including phenoxy) is 1. The van der Waals surface area contributed by atoms with Gasteiger partial charge in [0.1, 0.15) is 29.3 Å². The van der Waals surface area contributed by atoms with Crippen LogP contribution in [0, 0.1) is 0 Å². The zero-order chi connectivity index (χ0) is 21.8. The van der Waals surface area contributed by atoms with Gasteiger partial charge < -0.3 is 19.3 Å². The number of anilines is 2. The number of hydrogen-bond donors (Lipinski definition) is 0. The minimum Gasteiger partial charge on any atom is -0.489 e. The second-order valence-corrected chi connectivity index (χ2v) is 9.25. The van der Waals surface area contributed by atoms with Crippen molar-refractivity contribution < 1.29 is 9.53 Å². The molecule has 1 aromatic carbocycles. The van der Waals surface area contributed by atoms with Crippen LogP contribution in [0.25, 0.3) is 0 Å². The van der Waals surface area contributed by atoms with E-state index in [0.717, 1.165) is 36.9 Å². The molecule has 1 aliphatic heterocycles. The fraction of sp³-hybridized carbons (Fsp3) is 0.538. The molecule has 4 rings (SSSR count). The third kappa shape index (κ3) is 5.38. The first kappa shape index (κ1) is 21.7. The van der Waals surface area contributed by atoms with Gasteiger partial charge in [0.15, 0.2) is 0 Å². The molecule has 2 aromatic rings.